The van der Waals surface area contributed by atoms with Crippen LogP contribution in [-0.4, -0.2) is 47.4 Å². The van der Waals surface area contributed by atoms with Crippen LogP contribution in [0.25, 0.3) is 0 Å². The summed E-state index contributed by atoms with van der Waals surface area (Å²) in [5.74, 6) is -0.0725. The molecule has 0 saturated heterocycles. The number of hydrogen-bond acceptors (Lipinski definition) is 5. The van der Waals surface area contributed by atoms with Gasteiger partial charge in [0, 0.05) is 12.8 Å². The number of amides is 1. The van der Waals surface area contributed by atoms with E-state index in [2.05, 4.69) is 67.8 Å². The lowest BCUT2D eigenvalue weighted by atomic mass is 10.0. The van der Waals surface area contributed by atoms with Crippen molar-refractivity contribution in [3.63, 3.8) is 0 Å². The van der Waals surface area contributed by atoms with Gasteiger partial charge in [-0.25, -0.2) is 0 Å². The van der Waals surface area contributed by atoms with Crippen LogP contribution in [0.1, 0.15) is 373 Å². The lowest BCUT2D eigenvalue weighted by Gasteiger charge is -2.20. The van der Waals surface area contributed by atoms with E-state index in [1.54, 1.807) is 6.08 Å². The third-order valence-electron chi connectivity index (χ3n) is 16.3. The number of ether oxygens (including phenoxy) is 1. The van der Waals surface area contributed by atoms with Crippen LogP contribution in [0, 0.1) is 0 Å². The molecule has 0 aromatic carbocycles. The van der Waals surface area contributed by atoms with Crippen molar-refractivity contribution in [1.82, 2.24) is 5.32 Å². The van der Waals surface area contributed by atoms with Crippen LogP contribution in [0.2, 0.25) is 0 Å². The molecular weight excluding hydrogens is 983 g/mol. The molecule has 0 bridgehead atoms. The van der Waals surface area contributed by atoms with Crippen molar-refractivity contribution in [1.29, 1.82) is 0 Å². The fraction of sp³-hybridized carbons (Fsp3) is 0.838. The minimum absolute atomic E-state index is 0.00389. The van der Waals surface area contributed by atoms with Crippen LogP contribution in [0.3, 0.4) is 0 Å². The van der Waals surface area contributed by atoms with Gasteiger partial charge in [0.2, 0.25) is 5.91 Å². The van der Waals surface area contributed by atoms with Crippen LogP contribution in [-0.2, 0) is 14.3 Å². The molecule has 0 saturated carbocycles. The standard InChI is InChI=1S/C74H137NO5/c1-3-5-7-9-11-13-15-17-19-20-21-29-32-35-39-42-46-50-54-58-62-66-72(77)71(70-76)75-73(78)67-63-59-55-51-47-43-40-36-33-30-27-25-23-22-24-26-28-31-34-37-41-45-49-53-57-61-65-69-80-74(79)68-64-60-56-52-48-44-38-18-16-14-12-10-8-6-4-2/h12,14,18,22-23,26,28,38,62,66,71-72,76-77H,3-11,13,15-17,19-21,24-25,27,29-37,39-61,63-65,67-70H2,1-2H3,(H,75,78)/b14-12-,23-22-,28-26-,38-18-,66-62+. The predicted molar refractivity (Wildman–Crippen MR) is 352 cm³/mol. The van der Waals surface area contributed by atoms with Gasteiger partial charge in [0.25, 0.3) is 0 Å². The summed E-state index contributed by atoms with van der Waals surface area (Å²) in [4.78, 5) is 24.6. The van der Waals surface area contributed by atoms with E-state index >= 15 is 0 Å². The fourth-order valence-electron chi connectivity index (χ4n) is 10.8. The van der Waals surface area contributed by atoms with Crippen LogP contribution < -0.4 is 5.32 Å². The Balaban J connectivity index is 3.46. The second-order valence-electron chi connectivity index (χ2n) is 24.2. The van der Waals surface area contributed by atoms with E-state index in [4.69, 9.17) is 4.74 Å². The topological polar surface area (TPSA) is 95.9 Å². The van der Waals surface area contributed by atoms with Gasteiger partial charge >= 0.3 is 5.97 Å². The zero-order valence-electron chi connectivity index (χ0n) is 53.6. The van der Waals surface area contributed by atoms with Crippen molar-refractivity contribution in [3.05, 3.63) is 60.8 Å². The number of carbonyl (C=O) groups excluding carboxylic acids is 2. The highest BCUT2D eigenvalue weighted by Crippen LogP contribution is 2.18. The van der Waals surface area contributed by atoms with Gasteiger partial charge in [-0.3, -0.25) is 9.59 Å². The Morgan fingerprint density at radius 1 is 0.350 bits per heavy atom. The molecule has 0 aliphatic carbocycles. The Morgan fingerprint density at radius 2 is 0.625 bits per heavy atom. The number of unbranched alkanes of at least 4 members (excludes halogenated alkanes) is 47. The number of rotatable bonds is 66. The van der Waals surface area contributed by atoms with Gasteiger partial charge in [0.1, 0.15) is 0 Å². The van der Waals surface area contributed by atoms with Crippen molar-refractivity contribution in [2.45, 2.75) is 386 Å². The third-order valence-corrected chi connectivity index (χ3v) is 16.3. The maximum absolute atomic E-state index is 12.5. The van der Waals surface area contributed by atoms with Crippen molar-refractivity contribution >= 4 is 11.9 Å². The first-order chi connectivity index (χ1) is 39.5. The molecule has 2 unspecified atom stereocenters. The first kappa shape index (κ1) is 77.6. The number of aliphatic hydroxyl groups excluding tert-OH is 2. The van der Waals surface area contributed by atoms with Gasteiger partial charge < -0.3 is 20.3 Å². The van der Waals surface area contributed by atoms with Crippen molar-refractivity contribution in [2.75, 3.05) is 13.2 Å². The second kappa shape index (κ2) is 69.1. The molecule has 80 heavy (non-hydrogen) atoms. The minimum atomic E-state index is -0.849. The lowest BCUT2D eigenvalue weighted by Crippen LogP contribution is -2.45. The Bertz CT molecular complexity index is 1380. The maximum Gasteiger partial charge on any atom is 0.305 e. The van der Waals surface area contributed by atoms with Gasteiger partial charge in [0.05, 0.1) is 25.4 Å². The summed E-state index contributed by atoms with van der Waals surface area (Å²) >= 11 is 0. The largest absolute Gasteiger partial charge is 0.466 e. The molecule has 0 aliphatic rings. The Labute approximate surface area is 499 Å². The minimum Gasteiger partial charge on any atom is -0.466 e. The molecule has 6 nitrogen and oxygen atoms in total. The molecule has 0 aromatic rings. The Morgan fingerprint density at radius 3 is 0.975 bits per heavy atom. The van der Waals surface area contributed by atoms with E-state index in [0.29, 0.717) is 19.4 Å². The number of hydrogen-bond donors (Lipinski definition) is 3. The summed E-state index contributed by atoms with van der Waals surface area (Å²) in [7, 11) is 0. The van der Waals surface area contributed by atoms with E-state index in [9.17, 15) is 19.8 Å². The number of esters is 1. The summed E-state index contributed by atoms with van der Waals surface area (Å²) in [5.41, 5.74) is 0. The van der Waals surface area contributed by atoms with Crippen molar-refractivity contribution in [2.24, 2.45) is 0 Å². The normalized spacial score (nSPS) is 12.9. The Hall–Kier alpha value is -2.44. The average Bonchev–Trinajstić information content (AvgIpc) is 3.46. The molecule has 0 heterocycles. The summed E-state index contributed by atoms with van der Waals surface area (Å²) in [6.45, 7) is 4.89. The summed E-state index contributed by atoms with van der Waals surface area (Å²) in [6.07, 6.45) is 91.5. The number of aliphatic hydroxyl groups is 2. The average molecular weight is 1120 g/mol. The number of nitrogens with one attached hydrogen (secondary N) is 1. The molecule has 0 spiro atoms. The van der Waals surface area contributed by atoms with E-state index in [1.807, 2.05) is 6.08 Å². The number of allylic oxidation sites excluding steroid dienone is 9. The van der Waals surface area contributed by atoms with E-state index in [-0.39, 0.29) is 18.5 Å². The van der Waals surface area contributed by atoms with E-state index in [0.717, 1.165) is 57.8 Å². The van der Waals surface area contributed by atoms with E-state index < -0.39 is 12.1 Å². The zero-order valence-corrected chi connectivity index (χ0v) is 53.6. The molecule has 2 atom stereocenters. The molecule has 1 amide bonds. The molecular formula is C74H137NO5. The van der Waals surface area contributed by atoms with Gasteiger partial charge in [0.15, 0.2) is 0 Å². The molecule has 3 N–H and O–H groups in total. The summed E-state index contributed by atoms with van der Waals surface area (Å²) in [5, 5.41) is 23.2. The quantitative estimate of drug-likeness (QED) is 0.0320. The monoisotopic (exact) mass is 1120 g/mol. The van der Waals surface area contributed by atoms with Gasteiger partial charge in [-0.15, -0.1) is 0 Å². The first-order valence-electron chi connectivity index (χ1n) is 35.6. The zero-order chi connectivity index (χ0) is 57.8. The van der Waals surface area contributed by atoms with Crippen molar-refractivity contribution in [3.8, 4) is 0 Å². The predicted octanol–water partition coefficient (Wildman–Crippen LogP) is 23.0. The fourth-order valence-corrected chi connectivity index (χ4v) is 10.8. The molecule has 0 rings (SSSR count). The highest BCUT2D eigenvalue weighted by molar-refractivity contribution is 5.76. The third kappa shape index (κ3) is 64.7. The summed E-state index contributed by atoms with van der Waals surface area (Å²) < 4.78 is 5.48. The highest BCUT2D eigenvalue weighted by atomic mass is 16.5. The van der Waals surface area contributed by atoms with Crippen LogP contribution in [0.4, 0.5) is 0 Å². The molecule has 468 valence electrons. The maximum atomic E-state index is 12.5. The Kier molecular flexibility index (Phi) is 66.9. The number of carbonyl (C=O) groups is 2. The smallest absolute Gasteiger partial charge is 0.305 e. The molecule has 6 heteroatoms. The van der Waals surface area contributed by atoms with Crippen LogP contribution in [0.5, 0.6) is 0 Å². The van der Waals surface area contributed by atoms with Crippen LogP contribution >= 0.6 is 0 Å². The second-order valence-corrected chi connectivity index (χ2v) is 24.2. The molecule has 0 aliphatic heterocycles. The summed E-state index contributed by atoms with van der Waals surface area (Å²) in [6, 6.07) is -0.633. The van der Waals surface area contributed by atoms with Gasteiger partial charge in [-0.1, -0.05) is 325 Å². The first-order valence-corrected chi connectivity index (χ1v) is 35.6. The molecule has 0 fully saturated rings. The molecule has 0 radical (unpaired) electrons. The van der Waals surface area contributed by atoms with Crippen LogP contribution in [0.15, 0.2) is 60.8 Å². The van der Waals surface area contributed by atoms with Crippen molar-refractivity contribution < 1.29 is 24.5 Å². The highest BCUT2D eigenvalue weighted by Gasteiger charge is 2.18. The molecule has 0 aromatic heterocycles. The SMILES string of the molecule is CCCCC/C=C\C/C=C\CCCCCCCC(=O)OCCCCCCCCCCC/C=C\C/C=C\CCCCCCCCCCCCCC(=O)NC(CO)C(O)/C=C/CCCCCCCCCCCCCCCCCCCCC. The van der Waals surface area contributed by atoms with E-state index in [1.165, 1.54) is 289 Å². The van der Waals surface area contributed by atoms with Gasteiger partial charge in [-0.2, -0.15) is 0 Å². The lowest BCUT2D eigenvalue weighted by molar-refractivity contribution is -0.143. The van der Waals surface area contributed by atoms with Gasteiger partial charge in [-0.05, 0) is 96.3 Å².